The average molecular weight is 401 g/mol. The van der Waals surface area contributed by atoms with Gasteiger partial charge in [0.15, 0.2) is 0 Å². The number of imide groups is 1. The van der Waals surface area contributed by atoms with Gasteiger partial charge >= 0.3 is 5.97 Å². The average Bonchev–Trinajstić information content (AvgIpc) is 2.70. The number of nitrogens with zero attached hydrogens (tertiary/aromatic N) is 1. The van der Waals surface area contributed by atoms with E-state index in [1.165, 1.54) is 18.8 Å². The van der Waals surface area contributed by atoms with Gasteiger partial charge in [-0.2, -0.15) is 0 Å². The van der Waals surface area contributed by atoms with Gasteiger partial charge in [-0.25, -0.2) is 0 Å². The standard InChI is InChI=1S/C21H23NO5S/c1-13(26-3)9-11-27-18(23)10-12-28-17-8-7-16-19-14(17)5-4-6-15(19)20(24)22(2)21(16)25/h4-8,13H,9-12H2,1-3H3. The van der Waals surface area contributed by atoms with Crippen LogP contribution in [0.15, 0.2) is 35.2 Å². The highest BCUT2D eigenvalue weighted by Gasteiger charge is 2.30. The van der Waals surface area contributed by atoms with Crippen molar-refractivity contribution in [1.82, 2.24) is 4.90 Å². The molecule has 6 nitrogen and oxygen atoms in total. The van der Waals surface area contributed by atoms with E-state index >= 15 is 0 Å². The van der Waals surface area contributed by atoms with Crippen molar-refractivity contribution in [3.05, 3.63) is 41.5 Å². The third-order valence-corrected chi connectivity index (χ3v) is 5.90. The quantitative estimate of drug-likeness (QED) is 0.383. The Kier molecular flexibility index (Phi) is 6.36. The van der Waals surface area contributed by atoms with Crippen LogP contribution in [0.5, 0.6) is 0 Å². The summed E-state index contributed by atoms with van der Waals surface area (Å²) >= 11 is 1.52. The number of esters is 1. The van der Waals surface area contributed by atoms with E-state index < -0.39 is 0 Å². The maximum absolute atomic E-state index is 12.4. The molecule has 2 amide bonds. The van der Waals surface area contributed by atoms with Crippen molar-refractivity contribution in [3.63, 3.8) is 0 Å². The van der Waals surface area contributed by atoms with E-state index in [0.717, 1.165) is 15.2 Å². The van der Waals surface area contributed by atoms with Crippen LogP contribution in [0.4, 0.5) is 0 Å². The van der Waals surface area contributed by atoms with Crippen LogP contribution in [0, 0.1) is 0 Å². The molecule has 0 aromatic heterocycles. The molecule has 148 valence electrons. The number of rotatable bonds is 8. The molecule has 2 aromatic rings. The summed E-state index contributed by atoms with van der Waals surface area (Å²) < 4.78 is 10.3. The van der Waals surface area contributed by atoms with Crippen LogP contribution in [0.3, 0.4) is 0 Å². The third kappa shape index (κ3) is 4.05. The van der Waals surface area contributed by atoms with Crippen LogP contribution in [0.2, 0.25) is 0 Å². The van der Waals surface area contributed by atoms with Gasteiger partial charge in [0.25, 0.3) is 11.8 Å². The largest absolute Gasteiger partial charge is 0.466 e. The summed E-state index contributed by atoms with van der Waals surface area (Å²) in [4.78, 5) is 38.8. The highest BCUT2D eigenvalue weighted by molar-refractivity contribution is 7.99. The summed E-state index contributed by atoms with van der Waals surface area (Å²) in [7, 11) is 3.12. The molecule has 0 N–H and O–H groups in total. The van der Waals surface area contributed by atoms with Gasteiger partial charge in [-0.3, -0.25) is 19.3 Å². The van der Waals surface area contributed by atoms with Crippen molar-refractivity contribution in [2.75, 3.05) is 26.5 Å². The molecule has 1 heterocycles. The Morgan fingerprint density at radius 2 is 1.86 bits per heavy atom. The first-order valence-electron chi connectivity index (χ1n) is 9.13. The van der Waals surface area contributed by atoms with Crippen molar-refractivity contribution in [2.45, 2.75) is 30.8 Å². The van der Waals surface area contributed by atoms with E-state index in [9.17, 15) is 14.4 Å². The number of hydrogen-bond donors (Lipinski definition) is 0. The van der Waals surface area contributed by atoms with Gasteiger partial charge in [-0.15, -0.1) is 11.8 Å². The molecule has 28 heavy (non-hydrogen) atoms. The Bertz CT molecular complexity index is 904. The molecule has 0 bridgehead atoms. The molecule has 0 aliphatic carbocycles. The van der Waals surface area contributed by atoms with Gasteiger partial charge in [0.2, 0.25) is 0 Å². The number of benzene rings is 2. The van der Waals surface area contributed by atoms with E-state index in [4.69, 9.17) is 9.47 Å². The topological polar surface area (TPSA) is 72.9 Å². The lowest BCUT2D eigenvalue weighted by Gasteiger charge is -2.24. The predicted octanol–water partition coefficient (Wildman–Crippen LogP) is 3.52. The van der Waals surface area contributed by atoms with Crippen molar-refractivity contribution in [3.8, 4) is 0 Å². The monoisotopic (exact) mass is 401 g/mol. The molecule has 3 rings (SSSR count). The lowest BCUT2D eigenvalue weighted by atomic mass is 9.94. The minimum absolute atomic E-state index is 0.0595. The molecule has 0 saturated carbocycles. The van der Waals surface area contributed by atoms with Gasteiger partial charge in [0.1, 0.15) is 0 Å². The maximum atomic E-state index is 12.4. The zero-order chi connectivity index (χ0) is 20.3. The van der Waals surface area contributed by atoms with E-state index in [1.807, 2.05) is 25.1 Å². The summed E-state index contributed by atoms with van der Waals surface area (Å²) in [6, 6.07) is 9.09. The number of carbonyl (C=O) groups excluding carboxylic acids is 3. The SMILES string of the molecule is COC(C)CCOC(=O)CCSc1ccc2c3c(cccc13)C(=O)N(C)C2=O. The van der Waals surface area contributed by atoms with E-state index in [0.29, 0.717) is 35.3 Å². The van der Waals surface area contributed by atoms with Crippen LogP contribution >= 0.6 is 11.8 Å². The Morgan fingerprint density at radius 1 is 1.14 bits per heavy atom. The van der Waals surface area contributed by atoms with Gasteiger partial charge in [0.05, 0.1) is 19.1 Å². The second-order valence-electron chi connectivity index (χ2n) is 6.66. The smallest absolute Gasteiger partial charge is 0.306 e. The minimum atomic E-state index is -0.292. The van der Waals surface area contributed by atoms with Gasteiger partial charge in [-0.05, 0) is 30.5 Å². The van der Waals surface area contributed by atoms with Gasteiger partial charge in [0, 0.05) is 47.7 Å². The minimum Gasteiger partial charge on any atom is -0.466 e. The number of carbonyl (C=O) groups is 3. The summed E-state index contributed by atoms with van der Waals surface area (Å²) in [5, 5.41) is 1.55. The summed E-state index contributed by atoms with van der Waals surface area (Å²) in [6.45, 7) is 2.27. The lowest BCUT2D eigenvalue weighted by Crippen LogP contribution is -2.36. The van der Waals surface area contributed by atoms with E-state index in [-0.39, 0.29) is 30.3 Å². The van der Waals surface area contributed by atoms with Crippen LogP contribution in [-0.2, 0) is 14.3 Å². The fourth-order valence-corrected chi connectivity index (χ4v) is 4.07. The normalized spacial score (nSPS) is 14.5. The zero-order valence-corrected chi connectivity index (χ0v) is 17.0. The second kappa shape index (κ2) is 8.75. The molecule has 2 aromatic carbocycles. The summed E-state index contributed by atoms with van der Waals surface area (Å²) in [5.74, 6) is -0.275. The summed E-state index contributed by atoms with van der Waals surface area (Å²) in [5.41, 5.74) is 1.06. The molecule has 0 fully saturated rings. The van der Waals surface area contributed by atoms with Crippen LogP contribution in [-0.4, -0.2) is 55.3 Å². The molecule has 1 atom stereocenters. The Labute approximate surface area is 168 Å². The molecular weight excluding hydrogens is 378 g/mol. The second-order valence-corrected chi connectivity index (χ2v) is 7.80. The Balaban J connectivity index is 1.69. The van der Waals surface area contributed by atoms with Crippen molar-refractivity contribution in [2.24, 2.45) is 0 Å². The fourth-order valence-electron chi connectivity index (χ4n) is 3.09. The third-order valence-electron chi connectivity index (χ3n) is 4.82. The van der Waals surface area contributed by atoms with E-state index in [1.54, 1.807) is 19.2 Å². The zero-order valence-electron chi connectivity index (χ0n) is 16.2. The number of thioether (sulfide) groups is 1. The van der Waals surface area contributed by atoms with E-state index in [2.05, 4.69) is 0 Å². The highest BCUT2D eigenvalue weighted by Crippen LogP contribution is 2.35. The van der Waals surface area contributed by atoms with Crippen LogP contribution in [0.25, 0.3) is 10.8 Å². The Hall–Kier alpha value is -2.38. The summed E-state index contributed by atoms with van der Waals surface area (Å²) in [6.07, 6.45) is 1.01. The van der Waals surface area contributed by atoms with Crippen molar-refractivity contribution >= 4 is 40.3 Å². The van der Waals surface area contributed by atoms with Gasteiger partial charge in [-0.1, -0.05) is 12.1 Å². The number of methoxy groups -OCH3 is 1. The van der Waals surface area contributed by atoms with Gasteiger partial charge < -0.3 is 9.47 Å². The highest BCUT2D eigenvalue weighted by atomic mass is 32.2. The molecule has 0 saturated heterocycles. The van der Waals surface area contributed by atoms with Crippen molar-refractivity contribution < 1.29 is 23.9 Å². The molecule has 0 radical (unpaired) electrons. The number of amides is 2. The fraction of sp³-hybridized carbons (Fsp3) is 0.381. The van der Waals surface area contributed by atoms with Crippen molar-refractivity contribution in [1.29, 1.82) is 0 Å². The number of ether oxygens (including phenoxy) is 2. The number of hydrogen-bond acceptors (Lipinski definition) is 6. The first-order valence-corrected chi connectivity index (χ1v) is 10.1. The lowest BCUT2D eigenvalue weighted by molar-refractivity contribution is -0.143. The predicted molar refractivity (Wildman–Crippen MR) is 108 cm³/mol. The molecule has 1 unspecified atom stereocenters. The first kappa shape index (κ1) is 20.4. The molecule has 7 heteroatoms. The molecule has 0 spiro atoms. The first-order chi connectivity index (χ1) is 13.4. The van der Waals surface area contributed by atoms with Crippen LogP contribution < -0.4 is 0 Å². The van der Waals surface area contributed by atoms with Crippen LogP contribution in [0.1, 0.15) is 40.5 Å². The molecule has 1 aliphatic rings. The maximum Gasteiger partial charge on any atom is 0.306 e. The molecular formula is C21H23NO5S. The Morgan fingerprint density at radius 3 is 2.57 bits per heavy atom. The molecule has 1 aliphatic heterocycles.